The van der Waals surface area contributed by atoms with Gasteiger partial charge in [0.15, 0.2) is 5.96 Å². The van der Waals surface area contributed by atoms with Crippen LogP contribution >= 0.6 is 24.0 Å². The Kier molecular flexibility index (Phi) is 13.5. The van der Waals surface area contributed by atoms with E-state index in [9.17, 15) is 4.79 Å². The lowest BCUT2D eigenvalue weighted by atomic mass is 10.1. The highest BCUT2D eigenvalue weighted by molar-refractivity contribution is 14.0. The van der Waals surface area contributed by atoms with Gasteiger partial charge in [-0.1, -0.05) is 44.2 Å². The Morgan fingerprint density at radius 2 is 1.61 bits per heavy atom. The van der Waals surface area contributed by atoms with Crippen LogP contribution in [0, 0.1) is 0 Å². The molecule has 2 N–H and O–H groups in total. The van der Waals surface area contributed by atoms with E-state index in [-0.39, 0.29) is 29.9 Å². The molecule has 182 valence electrons. The SMILES string of the molecule is CCN(CC)CCOc1ccccc1CNC(=NC)NCc1ccc(C(=O)N(C)C)cc1.I. The summed E-state index contributed by atoms with van der Waals surface area (Å²) in [7, 11) is 5.25. The summed E-state index contributed by atoms with van der Waals surface area (Å²) >= 11 is 0. The summed E-state index contributed by atoms with van der Waals surface area (Å²) < 4.78 is 6.04. The molecule has 7 nitrogen and oxygen atoms in total. The Hall–Kier alpha value is -2.33. The molecule has 0 bridgehead atoms. The number of guanidine groups is 1. The zero-order valence-corrected chi connectivity index (χ0v) is 22.8. The van der Waals surface area contributed by atoms with Crippen molar-refractivity contribution in [3.8, 4) is 5.75 Å². The van der Waals surface area contributed by atoms with E-state index in [0.717, 1.165) is 36.5 Å². The van der Waals surface area contributed by atoms with Crippen LogP contribution in [0.1, 0.15) is 35.3 Å². The highest BCUT2D eigenvalue weighted by Gasteiger charge is 2.08. The fourth-order valence-corrected chi connectivity index (χ4v) is 3.22. The van der Waals surface area contributed by atoms with Crippen LogP contribution in [-0.2, 0) is 13.1 Å². The molecule has 0 aromatic heterocycles. The molecule has 0 saturated heterocycles. The summed E-state index contributed by atoms with van der Waals surface area (Å²) in [5.41, 5.74) is 2.84. The van der Waals surface area contributed by atoms with E-state index in [1.807, 2.05) is 42.5 Å². The number of likely N-dealkylation sites (N-methyl/N-ethyl adjacent to an activating group) is 1. The van der Waals surface area contributed by atoms with Gasteiger partial charge in [-0.05, 0) is 36.9 Å². The number of carbonyl (C=O) groups excluding carboxylic acids is 1. The topological polar surface area (TPSA) is 69.2 Å². The molecule has 2 aromatic rings. The number of nitrogens with one attached hydrogen (secondary N) is 2. The first kappa shape index (κ1) is 28.7. The molecule has 0 atom stereocenters. The molecule has 0 aliphatic rings. The van der Waals surface area contributed by atoms with Gasteiger partial charge in [0.25, 0.3) is 5.91 Å². The minimum absolute atomic E-state index is 0. The van der Waals surface area contributed by atoms with E-state index >= 15 is 0 Å². The normalized spacial score (nSPS) is 11.0. The zero-order chi connectivity index (χ0) is 23.3. The predicted octanol–water partition coefficient (Wildman–Crippen LogP) is 3.59. The van der Waals surface area contributed by atoms with Crippen molar-refractivity contribution in [3.05, 3.63) is 65.2 Å². The van der Waals surface area contributed by atoms with E-state index in [2.05, 4.69) is 40.4 Å². The highest BCUT2D eigenvalue weighted by Crippen LogP contribution is 2.17. The van der Waals surface area contributed by atoms with Crippen molar-refractivity contribution in [2.75, 3.05) is 47.4 Å². The Labute approximate surface area is 215 Å². The molecule has 1 amide bonds. The first-order chi connectivity index (χ1) is 15.5. The van der Waals surface area contributed by atoms with E-state index in [1.165, 1.54) is 0 Å². The fraction of sp³-hybridized carbons (Fsp3) is 0.440. The summed E-state index contributed by atoms with van der Waals surface area (Å²) in [5.74, 6) is 1.60. The second-order valence-corrected chi connectivity index (χ2v) is 7.66. The molecule has 0 heterocycles. The van der Waals surface area contributed by atoms with Crippen LogP contribution in [0.2, 0.25) is 0 Å². The molecule has 0 fully saturated rings. The van der Waals surface area contributed by atoms with Crippen LogP contribution in [0.4, 0.5) is 0 Å². The molecule has 0 saturated carbocycles. The van der Waals surface area contributed by atoms with Gasteiger partial charge in [0.1, 0.15) is 12.4 Å². The number of carbonyl (C=O) groups is 1. The van der Waals surface area contributed by atoms with Crippen molar-refractivity contribution in [2.24, 2.45) is 4.99 Å². The van der Waals surface area contributed by atoms with Crippen molar-refractivity contribution < 1.29 is 9.53 Å². The fourth-order valence-electron chi connectivity index (χ4n) is 3.22. The van der Waals surface area contributed by atoms with Crippen molar-refractivity contribution in [3.63, 3.8) is 0 Å². The minimum atomic E-state index is -0.0000312. The number of nitrogens with zero attached hydrogens (tertiary/aromatic N) is 3. The average molecular weight is 568 g/mol. The molecule has 2 aromatic carbocycles. The summed E-state index contributed by atoms with van der Waals surface area (Å²) in [6, 6.07) is 15.7. The molecule has 0 radical (unpaired) electrons. The number of halogens is 1. The standard InChI is InChI=1S/C25H37N5O2.HI/c1-6-30(7-2)16-17-32-23-11-9-8-10-22(23)19-28-25(26-3)27-18-20-12-14-21(15-13-20)24(31)29(4)5;/h8-15H,6-7,16-19H2,1-5H3,(H2,26,27,28);1H. The lowest BCUT2D eigenvalue weighted by Crippen LogP contribution is -2.36. The number of amides is 1. The third-order valence-electron chi connectivity index (χ3n) is 5.27. The Morgan fingerprint density at radius 3 is 2.21 bits per heavy atom. The molecule has 0 aliphatic heterocycles. The number of hydrogen-bond donors (Lipinski definition) is 2. The maximum atomic E-state index is 12.0. The van der Waals surface area contributed by atoms with Crippen LogP contribution in [0.15, 0.2) is 53.5 Å². The lowest BCUT2D eigenvalue weighted by molar-refractivity contribution is 0.0827. The maximum Gasteiger partial charge on any atom is 0.253 e. The van der Waals surface area contributed by atoms with Gasteiger partial charge in [0.05, 0.1) is 0 Å². The van der Waals surface area contributed by atoms with E-state index in [0.29, 0.717) is 31.2 Å². The van der Waals surface area contributed by atoms with Crippen LogP contribution in [-0.4, -0.2) is 69.1 Å². The van der Waals surface area contributed by atoms with Gasteiger partial charge in [-0.2, -0.15) is 0 Å². The van der Waals surface area contributed by atoms with E-state index in [4.69, 9.17) is 4.74 Å². The summed E-state index contributed by atoms with van der Waals surface area (Å²) in [6.45, 7) is 9.18. The molecule has 0 aliphatic carbocycles. The first-order valence-electron chi connectivity index (χ1n) is 11.2. The molecular weight excluding hydrogens is 529 g/mol. The molecule has 2 rings (SSSR count). The number of rotatable bonds is 11. The molecule has 0 spiro atoms. The largest absolute Gasteiger partial charge is 0.492 e. The van der Waals surface area contributed by atoms with Gasteiger partial charge < -0.3 is 25.2 Å². The number of benzene rings is 2. The van der Waals surface area contributed by atoms with Crippen molar-refractivity contribution in [2.45, 2.75) is 26.9 Å². The second-order valence-electron chi connectivity index (χ2n) is 7.66. The highest BCUT2D eigenvalue weighted by atomic mass is 127. The number of para-hydroxylation sites is 1. The van der Waals surface area contributed by atoms with Gasteiger partial charge in [-0.25, -0.2) is 0 Å². The predicted molar refractivity (Wildman–Crippen MR) is 147 cm³/mol. The summed E-state index contributed by atoms with van der Waals surface area (Å²) in [5, 5.41) is 6.67. The molecule has 8 heteroatoms. The number of ether oxygens (including phenoxy) is 1. The minimum Gasteiger partial charge on any atom is -0.492 e. The van der Waals surface area contributed by atoms with E-state index < -0.39 is 0 Å². The average Bonchev–Trinajstić information content (AvgIpc) is 2.82. The van der Waals surface area contributed by atoms with Gasteiger partial charge >= 0.3 is 0 Å². The second kappa shape index (κ2) is 15.5. The van der Waals surface area contributed by atoms with Crippen molar-refractivity contribution in [1.82, 2.24) is 20.4 Å². The molecular formula is C25H38IN5O2. The Balaban J connectivity index is 0.00000544. The van der Waals surface area contributed by atoms with Crippen LogP contribution in [0.5, 0.6) is 5.75 Å². The van der Waals surface area contributed by atoms with Crippen LogP contribution in [0.25, 0.3) is 0 Å². The zero-order valence-electron chi connectivity index (χ0n) is 20.4. The quantitative estimate of drug-likeness (QED) is 0.247. The molecule has 0 unspecified atom stereocenters. The number of aliphatic imine (C=N–C) groups is 1. The van der Waals surface area contributed by atoms with E-state index in [1.54, 1.807) is 26.0 Å². The van der Waals surface area contributed by atoms with Crippen LogP contribution in [0.3, 0.4) is 0 Å². The van der Waals surface area contributed by atoms with Crippen molar-refractivity contribution in [1.29, 1.82) is 0 Å². The summed E-state index contributed by atoms with van der Waals surface area (Å²) in [4.78, 5) is 20.2. The van der Waals surface area contributed by atoms with Gasteiger partial charge in [0.2, 0.25) is 0 Å². The number of hydrogen-bond acceptors (Lipinski definition) is 4. The van der Waals surface area contributed by atoms with Gasteiger partial charge in [-0.15, -0.1) is 24.0 Å². The third kappa shape index (κ3) is 9.59. The third-order valence-corrected chi connectivity index (χ3v) is 5.27. The first-order valence-corrected chi connectivity index (χ1v) is 11.2. The Morgan fingerprint density at radius 1 is 0.970 bits per heavy atom. The molecule has 33 heavy (non-hydrogen) atoms. The summed E-state index contributed by atoms with van der Waals surface area (Å²) in [6.07, 6.45) is 0. The van der Waals surface area contributed by atoms with Gasteiger partial charge in [-0.3, -0.25) is 9.79 Å². The monoisotopic (exact) mass is 567 g/mol. The smallest absolute Gasteiger partial charge is 0.253 e. The van der Waals surface area contributed by atoms with Crippen LogP contribution < -0.4 is 15.4 Å². The van der Waals surface area contributed by atoms with Gasteiger partial charge in [0, 0.05) is 51.9 Å². The van der Waals surface area contributed by atoms with Crippen molar-refractivity contribution >= 4 is 35.8 Å². The maximum absolute atomic E-state index is 12.0. The Bertz CT molecular complexity index is 867. The lowest BCUT2D eigenvalue weighted by Gasteiger charge is -2.19.